The maximum absolute atomic E-state index is 6.08. The van der Waals surface area contributed by atoms with Crippen molar-refractivity contribution in [3.05, 3.63) is 29.0 Å². The maximum Gasteiger partial charge on any atom is 0.0759 e. The zero-order valence-electron chi connectivity index (χ0n) is 9.11. The van der Waals surface area contributed by atoms with E-state index in [0.29, 0.717) is 17.5 Å². The van der Waals surface area contributed by atoms with Crippen molar-refractivity contribution < 1.29 is 4.74 Å². The van der Waals surface area contributed by atoms with Crippen LogP contribution in [0, 0.1) is 5.92 Å². The molecule has 0 spiro atoms. The molecule has 2 unspecified atom stereocenters. The number of aromatic nitrogens is 1. The van der Waals surface area contributed by atoms with Gasteiger partial charge >= 0.3 is 0 Å². The SMILES string of the molecule is COCCC(C)C(N)c1ncccc1Cl. The Hall–Kier alpha value is -0.640. The van der Waals surface area contributed by atoms with E-state index in [-0.39, 0.29) is 6.04 Å². The Labute approximate surface area is 95.6 Å². The molecule has 1 rings (SSSR count). The normalized spacial score (nSPS) is 14.9. The molecule has 3 nitrogen and oxygen atoms in total. The van der Waals surface area contributed by atoms with Crippen LogP contribution in [-0.4, -0.2) is 18.7 Å². The minimum absolute atomic E-state index is 0.131. The van der Waals surface area contributed by atoms with E-state index in [0.717, 1.165) is 12.1 Å². The van der Waals surface area contributed by atoms with Crippen LogP contribution in [0.4, 0.5) is 0 Å². The van der Waals surface area contributed by atoms with E-state index in [1.54, 1.807) is 19.4 Å². The lowest BCUT2D eigenvalue weighted by Gasteiger charge is -2.19. The van der Waals surface area contributed by atoms with Gasteiger partial charge in [0, 0.05) is 19.9 Å². The van der Waals surface area contributed by atoms with Crippen LogP contribution in [0.5, 0.6) is 0 Å². The van der Waals surface area contributed by atoms with Gasteiger partial charge in [0.05, 0.1) is 16.8 Å². The Morgan fingerprint density at radius 2 is 2.33 bits per heavy atom. The summed E-state index contributed by atoms with van der Waals surface area (Å²) in [7, 11) is 1.69. The van der Waals surface area contributed by atoms with E-state index in [1.807, 2.05) is 6.07 Å². The number of nitrogens with zero attached hydrogens (tertiary/aromatic N) is 1. The number of pyridine rings is 1. The van der Waals surface area contributed by atoms with Crippen molar-refractivity contribution >= 4 is 11.6 Å². The van der Waals surface area contributed by atoms with Crippen LogP contribution in [0.25, 0.3) is 0 Å². The summed E-state index contributed by atoms with van der Waals surface area (Å²) in [6.45, 7) is 2.79. The average Bonchev–Trinajstić information content (AvgIpc) is 2.25. The Morgan fingerprint density at radius 3 is 2.93 bits per heavy atom. The maximum atomic E-state index is 6.08. The number of hydrogen-bond donors (Lipinski definition) is 1. The first kappa shape index (κ1) is 12.4. The third-order valence-electron chi connectivity index (χ3n) is 2.49. The largest absolute Gasteiger partial charge is 0.385 e. The molecule has 2 atom stereocenters. The van der Waals surface area contributed by atoms with Crippen LogP contribution in [0.15, 0.2) is 18.3 Å². The highest BCUT2D eigenvalue weighted by Gasteiger charge is 2.18. The molecule has 1 aromatic rings. The fourth-order valence-corrected chi connectivity index (χ4v) is 1.64. The second-order valence-electron chi connectivity index (χ2n) is 3.66. The first-order valence-electron chi connectivity index (χ1n) is 5.01. The van der Waals surface area contributed by atoms with E-state index in [2.05, 4.69) is 11.9 Å². The molecule has 15 heavy (non-hydrogen) atoms. The minimum Gasteiger partial charge on any atom is -0.385 e. The highest BCUT2D eigenvalue weighted by Crippen LogP contribution is 2.25. The van der Waals surface area contributed by atoms with Crippen LogP contribution < -0.4 is 5.73 Å². The summed E-state index contributed by atoms with van der Waals surface area (Å²) in [6, 6.07) is 3.49. The summed E-state index contributed by atoms with van der Waals surface area (Å²) < 4.78 is 5.02. The first-order valence-corrected chi connectivity index (χ1v) is 5.39. The second kappa shape index (κ2) is 6.05. The molecule has 0 aromatic carbocycles. The van der Waals surface area contributed by atoms with Gasteiger partial charge in [0.15, 0.2) is 0 Å². The Kier molecular flexibility index (Phi) is 5.02. The molecule has 84 valence electrons. The van der Waals surface area contributed by atoms with Crippen molar-refractivity contribution in [2.75, 3.05) is 13.7 Å². The van der Waals surface area contributed by atoms with Crippen molar-refractivity contribution in [1.82, 2.24) is 4.98 Å². The number of halogens is 1. The lowest BCUT2D eigenvalue weighted by atomic mass is 9.96. The van der Waals surface area contributed by atoms with Gasteiger partial charge in [-0.3, -0.25) is 4.98 Å². The second-order valence-corrected chi connectivity index (χ2v) is 4.06. The van der Waals surface area contributed by atoms with Crippen molar-refractivity contribution in [2.45, 2.75) is 19.4 Å². The molecule has 1 aromatic heterocycles. The van der Waals surface area contributed by atoms with E-state index < -0.39 is 0 Å². The number of rotatable bonds is 5. The quantitative estimate of drug-likeness (QED) is 0.842. The average molecular weight is 229 g/mol. The van der Waals surface area contributed by atoms with Gasteiger partial charge < -0.3 is 10.5 Å². The molecule has 1 heterocycles. The molecule has 0 fully saturated rings. The highest BCUT2D eigenvalue weighted by atomic mass is 35.5. The van der Waals surface area contributed by atoms with Crippen LogP contribution in [0.2, 0.25) is 5.02 Å². The molecule has 0 aliphatic rings. The summed E-state index contributed by atoms with van der Waals surface area (Å²) in [6.07, 6.45) is 2.62. The number of nitrogens with two attached hydrogens (primary N) is 1. The molecule has 0 aliphatic carbocycles. The molecular formula is C11H17ClN2O. The van der Waals surface area contributed by atoms with Gasteiger partial charge in [-0.1, -0.05) is 18.5 Å². The van der Waals surface area contributed by atoms with Crippen LogP contribution in [0.3, 0.4) is 0 Å². The van der Waals surface area contributed by atoms with E-state index in [4.69, 9.17) is 22.1 Å². The molecule has 0 bridgehead atoms. The minimum atomic E-state index is -0.131. The monoisotopic (exact) mass is 228 g/mol. The Morgan fingerprint density at radius 1 is 1.60 bits per heavy atom. The zero-order chi connectivity index (χ0) is 11.3. The van der Waals surface area contributed by atoms with Gasteiger partial charge in [-0.2, -0.15) is 0 Å². The highest BCUT2D eigenvalue weighted by molar-refractivity contribution is 6.31. The lowest BCUT2D eigenvalue weighted by Crippen LogP contribution is -2.21. The molecule has 0 saturated carbocycles. The van der Waals surface area contributed by atoms with Crippen molar-refractivity contribution in [2.24, 2.45) is 11.7 Å². The summed E-state index contributed by atoms with van der Waals surface area (Å²) >= 11 is 6.02. The summed E-state index contributed by atoms with van der Waals surface area (Å²) in [5, 5.41) is 0.634. The number of ether oxygens (including phenoxy) is 1. The van der Waals surface area contributed by atoms with Crippen LogP contribution in [0.1, 0.15) is 25.1 Å². The molecule has 0 aliphatic heterocycles. The summed E-state index contributed by atoms with van der Waals surface area (Å²) in [5.41, 5.74) is 6.84. The number of hydrogen-bond acceptors (Lipinski definition) is 3. The first-order chi connectivity index (χ1) is 7.16. The fraction of sp³-hybridized carbons (Fsp3) is 0.545. The van der Waals surface area contributed by atoms with Gasteiger partial charge in [0.25, 0.3) is 0 Å². The Balaban J connectivity index is 2.67. The summed E-state index contributed by atoms with van der Waals surface area (Å²) in [4.78, 5) is 4.21. The van der Waals surface area contributed by atoms with E-state index in [9.17, 15) is 0 Å². The predicted molar refractivity (Wildman–Crippen MR) is 61.8 cm³/mol. The summed E-state index contributed by atoms with van der Waals surface area (Å²) in [5.74, 6) is 0.303. The third-order valence-corrected chi connectivity index (χ3v) is 2.81. The lowest BCUT2D eigenvalue weighted by molar-refractivity contribution is 0.174. The van der Waals surface area contributed by atoms with Gasteiger partial charge in [0.1, 0.15) is 0 Å². The molecule has 0 amide bonds. The van der Waals surface area contributed by atoms with Gasteiger partial charge in [0.2, 0.25) is 0 Å². The molecule has 0 saturated heterocycles. The fourth-order valence-electron chi connectivity index (χ4n) is 1.40. The molecule has 0 radical (unpaired) electrons. The number of methoxy groups -OCH3 is 1. The van der Waals surface area contributed by atoms with Crippen molar-refractivity contribution in [3.8, 4) is 0 Å². The smallest absolute Gasteiger partial charge is 0.0759 e. The van der Waals surface area contributed by atoms with E-state index >= 15 is 0 Å². The molecule has 2 N–H and O–H groups in total. The predicted octanol–water partition coefficient (Wildman–Crippen LogP) is 2.41. The van der Waals surface area contributed by atoms with Crippen LogP contribution in [-0.2, 0) is 4.74 Å². The molecular weight excluding hydrogens is 212 g/mol. The van der Waals surface area contributed by atoms with E-state index in [1.165, 1.54) is 0 Å². The third kappa shape index (κ3) is 3.45. The van der Waals surface area contributed by atoms with Gasteiger partial charge in [-0.05, 0) is 24.5 Å². The van der Waals surface area contributed by atoms with Crippen LogP contribution >= 0.6 is 11.6 Å². The zero-order valence-corrected chi connectivity index (χ0v) is 9.87. The molecule has 4 heteroatoms. The standard InChI is InChI=1S/C11H17ClN2O/c1-8(5-7-15-2)10(13)11-9(12)4-3-6-14-11/h3-4,6,8,10H,5,7,13H2,1-2H3. The van der Waals surface area contributed by atoms with Crippen molar-refractivity contribution in [1.29, 1.82) is 0 Å². The van der Waals surface area contributed by atoms with Crippen molar-refractivity contribution in [3.63, 3.8) is 0 Å². The Bertz CT molecular complexity index is 306. The van der Waals surface area contributed by atoms with Gasteiger partial charge in [-0.15, -0.1) is 0 Å². The van der Waals surface area contributed by atoms with Gasteiger partial charge in [-0.25, -0.2) is 0 Å². The topological polar surface area (TPSA) is 48.1 Å².